The van der Waals surface area contributed by atoms with Gasteiger partial charge in [-0.15, -0.1) is 0 Å². The van der Waals surface area contributed by atoms with Crippen molar-refractivity contribution in [1.29, 1.82) is 0 Å². The highest BCUT2D eigenvalue weighted by molar-refractivity contribution is 8.03. The highest BCUT2D eigenvalue weighted by atomic mass is 32.2. The largest absolute Gasteiger partial charge is 0.476 e. The molecule has 164 valence electrons. The lowest BCUT2D eigenvalue weighted by Gasteiger charge is -2.18. The zero-order valence-corrected chi connectivity index (χ0v) is 18.6. The summed E-state index contributed by atoms with van der Waals surface area (Å²) in [5.74, 6) is 4.13. The molecule has 0 aliphatic carbocycles. The Balaban J connectivity index is 1.66. The zero-order chi connectivity index (χ0) is 22.2. The number of nitrogens with one attached hydrogen (secondary N) is 1. The van der Waals surface area contributed by atoms with E-state index in [1.165, 1.54) is 0 Å². The molecule has 1 aromatic carbocycles. The maximum Gasteiger partial charge on any atom is 0.245 e. The Labute approximate surface area is 181 Å². The number of sulfone groups is 1. The van der Waals surface area contributed by atoms with Crippen LogP contribution in [0.3, 0.4) is 0 Å². The molecular formula is C20H23N5O4S2. The number of fused-ring (bicyclic) bond motifs is 1. The summed E-state index contributed by atoms with van der Waals surface area (Å²) in [5.41, 5.74) is 8.78. The predicted octanol–water partition coefficient (Wildman–Crippen LogP) is 1.90. The number of nitrogens with two attached hydrogens (primary N) is 1. The van der Waals surface area contributed by atoms with Gasteiger partial charge < -0.3 is 15.2 Å². The first-order chi connectivity index (χ1) is 14.7. The molecule has 3 aromatic rings. The molecule has 31 heavy (non-hydrogen) atoms. The molecule has 1 aliphatic heterocycles. The second kappa shape index (κ2) is 7.97. The van der Waals surface area contributed by atoms with E-state index in [1.807, 2.05) is 13.0 Å². The molecule has 11 heteroatoms. The van der Waals surface area contributed by atoms with Gasteiger partial charge in [-0.05, 0) is 43.5 Å². The maximum atomic E-state index is 13.1. The van der Waals surface area contributed by atoms with E-state index >= 15 is 0 Å². The molecule has 4 rings (SSSR count). The molecular weight excluding hydrogens is 438 g/mol. The van der Waals surface area contributed by atoms with Gasteiger partial charge >= 0.3 is 0 Å². The highest BCUT2D eigenvalue weighted by Gasteiger charge is 2.33. The third kappa shape index (κ3) is 4.57. The van der Waals surface area contributed by atoms with E-state index in [0.717, 1.165) is 5.56 Å². The van der Waals surface area contributed by atoms with Crippen molar-refractivity contribution in [2.75, 3.05) is 28.6 Å². The van der Waals surface area contributed by atoms with Gasteiger partial charge in [0.1, 0.15) is 0 Å². The van der Waals surface area contributed by atoms with E-state index in [9.17, 15) is 12.6 Å². The topological polar surface area (TPSA) is 137 Å². The zero-order valence-electron chi connectivity index (χ0n) is 16.9. The number of benzene rings is 1. The maximum absolute atomic E-state index is 13.1. The lowest BCUT2D eigenvalue weighted by Crippen LogP contribution is -2.28. The van der Waals surface area contributed by atoms with Crippen molar-refractivity contribution in [3.8, 4) is 17.1 Å². The van der Waals surface area contributed by atoms with Crippen LogP contribution in [0.15, 0.2) is 36.4 Å². The molecule has 0 amide bonds. The van der Waals surface area contributed by atoms with Gasteiger partial charge in [-0.2, -0.15) is 4.98 Å². The monoisotopic (exact) mass is 461 g/mol. The fourth-order valence-electron chi connectivity index (χ4n) is 3.49. The fraction of sp³-hybridized carbons (Fsp3) is 0.300. The summed E-state index contributed by atoms with van der Waals surface area (Å²) in [6.07, 6.45) is 0.340. The molecule has 1 fully saturated rings. The molecule has 3 heterocycles. The van der Waals surface area contributed by atoms with Crippen LogP contribution < -0.4 is 15.2 Å². The molecule has 9 nitrogen and oxygen atoms in total. The first-order valence-corrected chi connectivity index (χ1v) is 13.3. The number of pyridine rings is 1. The summed E-state index contributed by atoms with van der Waals surface area (Å²) in [5, 5.41) is -0.517. The Hall–Kier alpha value is -2.92. The lowest BCUT2D eigenvalue weighted by atomic mass is 10.1. The van der Waals surface area contributed by atoms with Gasteiger partial charge in [-0.1, -0.05) is 12.1 Å². The first-order valence-electron chi connectivity index (χ1n) is 9.68. The third-order valence-corrected chi connectivity index (χ3v) is 9.03. The molecule has 2 unspecified atom stereocenters. The van der Waals surface area contributed by atoms with Crippen molar-refractivity contribution >= 4 is 48.1 Å². The Bertz CT molecular complexity index is 1360. The van der Waals surface area contributed by atoms with Crippen LogP contribution in [-0.4, -0.2) is 56.8 Å². The number of hydrogen-bond donors (Lipinski definition) is 2. The van der Waals surface area contributed by atoms with Gasteiger partial charge in [0.15, 0.2) is 15.4 Å². The van der Waals surface area contributed by atoms with Crippen molar-refractivity contribution < 1.29 is 17.4 Å². The van der Waals surface area contributed by atoms with Gasteiger partial charge in [0, 0.05) is 21.0 Å². The first kappa shape index (κ1) is 21.3. The van der Waals surface area contributed by atoms with E-state index in [0.29, 0.717) is 41.3 Å². The van der Waals surface area contributed by atoms with Crippen molar-refractivity contribution in [3.63, 3.8) is 0 Å². The standard InChI is InChI=1S/C20H23N5O4S2/c1-3-29-19-18-17(23-20(21)24-19)8-7-16(22-18)13-5-4-6-14(11-13)25-30(2,26)15-9-10-31(27,28)12-15/h4-8,11,15H,2-3,9-10,12H2,1H3,(H,25,26)(H2,21,23,24). The van der Waals surface area contributed by atoms with Gasteiger partial charge in [0.25, 0.3) is 0 Å². The van der Waals surface area contributed by atoms with E-state index in [2.05, 4.69) is 25.5 Å². The quantitative estimate of drug-likeness (QED) is 0.531. The van der Waals surface area contributed by atoms with Crippen LogP contribution in [0.2, 0.25) is 0 Å². The minimum Gasteiger partial charge on any atom is -0.476 e. The Morgan fingerprint density at radius 2 is 2.06 bits per heavy atom. The molecule has 1 saturated heterocycles. The van der Waals surface area contributed by atoms with Crippen LogP contribution in [0.1, 0.15) is 13.3 Å². The number of nitrogens with zero attached hydrogens (tertiary/aromatic N) is 3. The van der Waals surface area contributed by atoms with Crippen molar-refractivity contribution in [2.24, 2.45) is 0 Å². The molecule has 2 aromatic heterocycles. The number of rotatable bonds is 6. The van der Waals surface area contributed by atoms with Crippen LogP contribution in [0.5, 0.6) is 5.88 Å². The molecule has 2 atom stereocenters. The Kier molecular flexibility index (Phi) is 5.48. The second-order valence-electron chi connectivity index (χ2n) is 7.32. The van der Waals surface area contributed by atoms with E-state index in [1.54, 1.807) is 30.3 Å². The molecule has 0 spiro atoms. The number of anilines is 2. The average Bonchev–Trinajstić information content (AvgIpc) is 3.08. The molecule has 3 N–H and O–H groups in total. The minimum absolute atomic E-state index is 0.0433. The summed E-state index contributed by atoms with van der Waals surface area (Å²) in [4.78, 5) is 13.0. The van der Waals surface area contributed by atoms with Crippen molar-refractivity contribution in [3.05, 3.63) is 36.4 Å². The van der Waals surface area contributed by atoms with Crippen LogP contribution in [0.25, 0.3) is 22.3 Å². The van der Waals surface area contributed by atoms with E-state index in [-0.39, 0.29) is 17.5 Å². The average molecular weight is 462 g/mol. The van der Waals surface area contributed by atoms with Crippen LogP contribution in [-0.2, 0) is 19.5 Å². The molecule has 1 aliphatic rings. The second-order valence-corrected chi connectivity index (χ2v) is 11.9. The van der Waals surface area contributed by atoms with Gasteiger partial charge in [-0.3, -0.25) is 0 Å². The SMILES string of the molecule is C=S(=O)(Nc1cccc(-c2ccc3nc(N)nc(OCC)c3n2)c1)C1CCS(=O)(=O)C1. The third-order valence-electron chi connectivity index (χ3n) is 4.99. The minimum atomic E-state index is -3.16. The predicted molar refractivity (Wildman–Crippen MR) is 124 cm³/mol. The fourth-order valence-corrected chi connectivity index (χ4v) is 7.87. The number of aromatic nitrogens is 3. The van der Waals surface area contributed by atoms with E-state index < -0.39 is 24.8 Å². The van der Waals surface area contributed by atoms with Gasteiger partial charge in [0.2, 0.25) is 11.8 Å². The molecule has 0 bridgehead atoms. The van der Waals surface area contributed by atoms with Gasteiger partial charge in [-0.25, -0.2) is 22.6 Å². The normalized spacial score (nSPS) is 19.7. The number of hydrogen-bond acceptors (Lipinski definition) is 8. The number of nitrogen functional groups attached to an aromatic ring is 1. The van der Waals surface area contributed by atoms with Crippen LogP contribution in [0.4, 0.5) is 11.6 Å². The van der Waals surface area contributed by atoms with Crippen molar-refractivity contribution in [2.45, 2.75) is 18.6 Å². The highest BCUT2D eigenvalue weighted by Crippen LogP contribution is 2.28. The number of ether oxygens (including phenoxy) is 1. The smallest absolute Gasteiger partial charge is 0.245 e. The summed E-state index contributed by atoms with van der Waals surface area (Å²) >= 11 is 0. The summed E-state index contributed by atoms with van der Waals surface area (Å²) < 4.78 is 45.1. The molecule has 0 saturated carbocycles. The summed E-state index contributed by atoms with van der Waals surface area (Å²) in [6, 6.07) is 10.8. The Morgan fingerprint density at radius 1 is 1.26 bits per heavy atom. The van der Waals surface area contributed by atoms with Gasteiger partial charge in [0.05, 0.1) is 34.6 Å². The lowest BCUT2D eigenvalue weighted by molar-refractivity contribution is 0.330. The van der Waals surface area contributed by atoms with Crippen LogP contribution >= 0.6 is 0 Å². The Morgan fingerprint density at radius 3 is 2.77 bits per heavy atom. The van der Waals surface area contributed by atoms with E-state index in [4.69, 9.17) is 10.5 Å². The summed E-state index contributed by atoms with van der Waals surface area (Å²) in [7, 11) is -6.00. The summed E-state index contributed by atoms with van der Waals surface area (Å²) in [6.45, 7) is 2.25. The molecule has 0 radical (unpaired) electrons. The van der Waals surface area contributed by atoms with Crippen molar-refractivity contribution in [1.82, 2.24) is 15.0 Å². The van der Waals surface area contributed by atoms with Crippen LogP contribution in [0, 0.1) is 0 Å².